The molecule has 0 radical (unpaired) electrons. The van der Waals surface area contributed by atoms with Crippen molar-refractivity contribution in [2.24, 2.45) is 0 Å². The van der Waals surface area contributed by atoms with Crippen LogP contribution in [0.2, 0.25) is 0 Å². The summed E-state index contributed by atoms with van der Waals surface area (Å²) in [6.45, 7) is 0.667. The third-order valence-corrected chi connectivity index (χ3v) is 5.14. The first-order valence-electron chi connectivity index (χ1n) is 4.29. The smallest absolute Gasteiger partial charge is 0.207 e. The lowest BCUT2D eigenvalue weighted by atomic mass is 10.4. The van der Waals surface area contributed by atoms with Crippen molar-refractivity contribution in [2.75, 3.05) is 11.0 Å². The van der Waals surface area contributed by atoms with E-state index in [1.54, 1.807) is 24.3 Å². The summed E-state index contributed by atoms with van der Waals surface area (Å²) in [7, 11) is -3.20. The van der Waals surface area contributed by atoms with Gasteiger partial charge in [0.15, 0.2) is 0 Å². The lowest BCUT2D eigenvalue weighted by Gasteiger charge is -2.04. The molecular formula is C9H10INO2S. The van der Waals surface area contributed by atoms with Crippen molar-refractivity contribution in [1.29, 1.82) is 0 Å². The Hall–Kier alpha value is -0.140. The minimum absolute atomic E-state index is 0.209. The van der Waals surface area contributed by atoms with Gasteiger partial charge in [0.05, 0.1) is 4.90 Å². The quantitative estimate of drug-likeness (QED) is 0.480. The van der Waals surface area contributed by atoms with Gasteiger partial charge in [0, 0.05) is 17.0 Å². The molecule has 0 bridgehead atoms. The van der Waals surface area contributed by atoms with Crippen LogP contribution in [-0.2, 0) is 10.0 Å². The molecule has 1 aliphatic heterocycles. The largest absolute Gasteiger partial charge is 0.243 e. The van der Waals surface area contributed by atoms with Gasteiger partial charge in [-0.05, 0) is 12.1 Å². The maximum atomic E-state index is 11.9. The average molecular weight is 323 g/mol. The van der Waals surface area contributed by atoms with E-state index in [0.29, 0.717) is 11.4 Å². The number of sulfonamides is 1. The van der Waals surface area contributed by atoms with E-state index in [9.17, 15) is 8.42 Å². The van der Waals surface area contributed by atoms with Gasteiger partial charge >= 0.3 is 0 Å². The molecule has 1 aromatic rings. The molecule has 0 N–H and O–H groups in total. The fourth-order valence-corrected chi connectivity index (χ4v) is 3.94. The maximum Gasteiger partial charge on any atom is 0.243 e. The minimum atomic E-state index is -3.20. The number of nitrogens with zero attached hydrogens (tertiary/aromatic N) is 1. The first kappa shape index (κ1) is 10.4. The van der Waals surface area contributed by atoms with Crippen LogP contribution in [0.1, 0.15) is 0 Å². The molecule has 5 heteroatoms. The predicted molar refractivity (Wildman–Crippen MR) is 63.0 cm³/mol. The van der Waals surface area contributed by atoms with Crippen molar-refractivity contribution in [2.45, 2.75) is 10.9 Å². The second-order valence-electron chi connectivity index (χ2n) is 3.20. The van der Waals surface area contributed by atoms with Gasteiger partial charge in [0.2, 0.25) is 10.0 Å². The summed E-state index contributed by atoms with van der Waals surface area (Å²) in [6, 6.07) is 8.79. The Balaban J connectivity index is 2.27. The van der Waals surface area contributed by atoms with Gasteiger partial charge in [-0.2, -0.15) is 4.31 Å². The highest BCUT2D eigenvalue weighted by molar-refractivity contribution is 14.1. The Kier molecular flexibility index (Phi) is 2.81. The number of halogens is 1. The van der Waals surface area contributed by atoms with Gasteiger partial charge in [-0.15, -0.1) is 0 Å². The normalized spacial score (nSPS) is 26.1. The monoisotopic (exact) mass is 323 g/mol. The standard InChI is InChI=1S/C9H10INO2S/c10-6-8-7-11(8)14(12,13)9-4-2-1-3-5-9/h1-5,8H,6-7H2/t8-,11?/m0/s1. The number of rotatable bonds is 3. The summed E-state index contributed by atoms with van der Waals surface area (Å²) in [6.07, 6.45) is 0. The Morgan fingerprint density at radius 1 is 1.36 bits per heavy atom. The Morgan fingerprint density at radius 2 is 2.00 bits per heavy atom. The van der Waals surface area contributed by atoms with Gasteiger partial charge in [0.1, 0.15) is 0 Å². The lowest BCUT2D eigenvalue weighted by molar-refractivity contribution is 0.556. The molecule has 0 amide bonds. The maximum absolute atomic E-state index is 11.9. The third-order valence-electron chi connectivity index (χ3n) is 2.19. The SMILES string of the molecule is O=S(=O)(c1ccccc1)N1C[C@@H]1CI. The molecule has 76 valence electrons. The molecule has 1 saturated heterocycles. The van der Waals surface area contributed by atoms with Crippen LogP contribution < -0.4 is 0 Å². The summed E-state index contributed by atoms with van der Waals surface area (Å²) in [5, 5.41) is 0. The van der Waals surface area contributed by atoms with Crippen LogP contribution in [-0.4, -0.2) is 29.7 Å². The van der Waals surface area contributed by atoms with Gasteiger partial charge in [0.25, 0.3) is 0 Å². The van der Waals surface area contributed by atoms with E-state index in [0.717, 1.165) is 4.43 Å². The summed E-state index contributed by atoms with van der Waals surface area (Å²) >= 11 is 2.21. The van der Waals surface area contributed by atoms with Gasteiger partial charge < -0.3 is 0 Å². The van der Waals surface area contributed by atoms with Crippen molar-refractivity contribution in [3.8, 4) is 0 Å². The molecule has 0 aromatic heterocycles. The second-order valence-corrected chi connectivity index (χ2v) is 5.97. The molecule has 0 spiro atoms. The minimum Gasteiger partial charge on any atom is -0.207 e. The van der Waals surface area contributed by atoms with E-state index in [-0.39, 0.29) is 6.04 Å². The molecule has 1 aromatic carbocycles. The summed E-state index contributed by atoms with van der Waals surface area (Å²) in [4.78, 5) is 0.396. The van der Waals surface area contributed by atoms with Crippen LogP contribution >= 0.6 is 22.6 Å². The predicted octanol–water partition coefficient (Wildman–Crippen LogP) is 1.49. The average Bonchev–Trinajstić information content (AvgIpc) is 2.98. The van der Waals surface area contributed by atoms with Crippen LogP contribution in [0.15, 0.2) is 35.2 Å². The van der Waals surface area contributed by atoms with Gasteiger partial charge in [-0.3, -0.25) is 0 Å². The highest BCUT2D eigenvalue weighted by Crippen LogP contribution is 2.28. The zero-order valence-corrected chi connectivity index (χ0v) is 10.4. The molecule has 0 saturated carbocycles. The lowest BCUT2D eigenvalue weighted by Crippen LogP contribution is -2.14. The van der Waals surface area contributed by atoms with E-state index in [2.05, 4.69) is 22.6 Å². The molecule has 3 nitrogen and oxygen atoms in total. The fraction of sp³-hybridized carbons (Fsp3) is 0.333. The zero-order chi connectivity index (χ0) is 10.2. The van der Waals surface area contributed by atoms with Crippen molar-refractivity contribution in [3.05, 3.63) is 30.3 Å². The molecule has 0 aliphatic carbocycles. The first-order valence-corrected chi connectivity index (χ1v) is 7.25. The molecule has 1 aliphatic rings. The van der Waals surface area contributed by atoms with Crippen LogP contribution in [0.5, 0.6) is 0 Å². The third kappa shape index (κ3) is 1.80. The zero-order valence-electron chi connectivity index (χ0n) is 7.43. The Morgan fingerprint density at radius 3 is 2.50 bits per heavy atom. The Bertz CT molecular complexity index is 418. The number of alkyl halides is 1. The summed E-state index contributed by atoms with van der Waals surface area (Å²) < 4.78 is 26.2. The number of benzene rings is 1. The second kappa shape index (κ2) is 3.79. The summed E-state index contributed by atoms with van der Waals surface area (Å²) in [5.74, 6) is 0. The molecule has 2 atom stereocenters. The van der Waals surface area contributed by atoms with Crippen LogP contribution in [0, 0.1) is 0 Å². The van der Waals surface area contributed by atoms with E-state index < -0.39 is 10.0 Å². The molecule has 1 fully saturated rings. The fourth-order valence-electron chi connectivity index (χ4n) is 1.31. The number of hydrogen-bond donors (Lipinski definition) is 0. The van der Waals surface area contributed by atoms with E-state index >= 15 is 0 Å². The van der Waals surface area contributed by atoms with E-state index in [4.69, 9.17) is 0 Å². The topological polar surface area (TPSA) is 37.1 Å². The van der Waals surface area contributed by atoms with Crippen LogP contribution in [0.4, 0.5) is 0 Å². The number of hydrogen-bond acceptors (Lipinski definition) is 2. The molecular weight excluding hydrogens is 313 g/mol. The van der Waals surface area contributed by atoms with Crippen molar-refractivity contribution in [3.63, 3.8) is 0 Å². The van der Waals surface area contributed by atoms with E-state index in [1.807, 2.05) is 6.07 Å². The highest BCUT2D eigenvalue weighted by atomic mass is 127. The van der Waals surface area contributed by atoms with Crippen molar-refractivity contribution >= 4 is 32.6 Å². The van der Waals surface area contributed by atoms with E-state index in [1.165, 1.54) is 4.31 Å². The molecule has 2 rings (SSSR count). The summed E-state index contributed by atoms with van der Waals surface area (Å²) in [5.41, 5.74) is 0. The molecule has 1 unspecified atom stereocenters. The van der Waals surface area contributed by atoms with Crippen LogP contribution in [0.25, 0.3) is 0 Å². The first-order chi connectivity index (χ1) is 6.66. The van der Waals surface area contributed by atoms with Gasteiger partial charge in [-0.25, -0.2) is 8.42 Å². The highest BCUT2D eigenvalue weighted by Gasteiger charge is 2.43. The van der Waals surface area contributed by atoms with Crippen molar-refractivity contribution in [1.82, 2.24) is 4.31 Å². The van der Waals surface area contributed by atoms with Crippen LogP contribution in [0.3, 0.4) is 0 Å². The van der Waals surface area contributed by atoms with Gasteiger partial charge in [-0.1, -0.05) is 40.8 Å². The molecule has 1 heterocycles. The van der Waals surface area contributed by atoms with Crippen molar-refractivity contribution < 1.29 is 8.42 Å². The molecule has 14 heavy (non-hydrogen) atoms. The Labute approximate surface area is 97.3 Å².